The molecule has 0 atom stereocenters. The summed E-state index contributed by atoms with van der Waals surface area (Å²) in [6, 6.07) is 12.0. The van der Waals surface area contributed by atoms with Gasteiger partial charge < -0.3 is 9.73 Å². The van der Waals surface area contributed by atoms with Gasteiger partial charge in [0.05, 0.1) is 12.3 Å². The van der Waals surface area contributed by atoms with Crippen molar-refractivity contribution in [3.8, 4) is 0 Å². The van der Waals surface area contributed by atoms with Crippen LogP contribution in [0.2, 0.25) is 0 Å². The van der Waals surface area contributed by atoms with Crippen molar-refractivity contribution in [2.24, 2.45) is 0 Å². The highest BCUT2D eigenvalue weighted by Gasteiger charge is 2.11. The van der Waals surface area contributed by atoms with E-state index in [0.29, 0.717) is 6.54 Å². The van der Waals surface area contributed by atoms with Crippen LogP contribution in [0, 0.1) is 13.8 Å². The molecule has 0 radical (unpaired) electrons. The van der Waals surface area contributed by atoms with Crippen molar-refractivity contribution in [1.82, 2.24) is 15.3 Å². The molecule has 2 aromatic heterocycles. The number of hydrogen-bond acceptors (Lipinski definition) is 6. The fraction of sp³-hybridized carbons (Fsp3) is 0.211. The molecule has 5 nitrogen and oxygen atoms in total. The number of nitrogens with zero attached hydrogens (tertiary/aromatic N) is 2. The van der Waals surface area contributed by atoms with Gasteiger partial charge in [0.1, 0.15) is 21.6 Å². The fourth-order valence-electron chi connectivity index (χ4n) is 2.22. The summed E-state index contributed by atoms with van der Waals surface area (Å²) in [5, 5.41) is 4.41. The molecular weight excluding hydrogens is 366 g/mol. The maximum absolute atomic E-state index is 12.1. The van der Waals surface area contributed by atoms with Crippen molar-refractivity contribution in [3.05, 3.63) is 65.9 Å². The Bertz CT molecular complexity index is 896. The Balaban J connectivity index is 1.57. The molecule has 1 N–H and O–H groups in total. The van der Waals surface area contributed by atoms with E-state index in [1.165, 1.54) is 17.3 Å². The summed E-state index contributed by atoms with van der Waals surface area (Å²) >= 11 is 2.93. The zero-order valence-corrected chi connectivity index (χ0v) is 16.2. The second kappa shape index (κ2) is 8.91. The summed E-state index contributed by atoms with van der Waals surface area (Å²) in [5.41, 5.74) is 1.20. The van der Waals surface area contributed by atoms with Crippen molar-refractivity contribution in [1.29, 1.82) is 0 Å². The van der Waals surface area contributed by atoms with Crippen LogP contribution in [0.1, 0.15) is 17.1 Å². The van der Waals surface area contributed by atoms with Gasteiger partial charge >= 0.3 is 0 Å². The molecular formula is C19H19N3O2S2. The van der Waals surface area contributed by atoms with Gasteiger partial charge in [0.25, 0.3) is 0 Å². The minimum atomic E-state index is -0.0683. The molecule has 1 amide bonds. The lowest BCUT2D eigenvalue weighted by Gasteiger charge is -2.07. The summed E-state index contributed by atoms with van der Waals surface area (Å²) in [6.07, 6.45) is 3.31. The van der Waals surface area contributed by atoms with Crippen LogP contribution in [-0.2, 0) is 11.3 Å². The minimum absolute atomic E-state index is 0.0683. The van der Waals surface area contributed by atoms with Gasteiger partial charge in [-0.3, -0.25) is 4.79 Å². The number of benzene rings is 1. The Hall–Kier alpha value is -2.25. The molecule has 0 saturated carbocycles. The van der Waals surface area contributed by atoms with E-state index in [1.54, 1.807) is 24.2 Å². The van der Waals surface area contributed by atoms with Crippen LogP contribution in [0.25, 0.3) is 0 Å². The molecule has 0 aliphatic rings. The van der Waals surface area contributed by atoms with Gasteiger partial charge in [-0.1, -0.05) is 41.2 Å². The predicted molar refractivity (Wildman–Crippen MR) is 103 cm³/mol. The molecule has 1 aromatic carbocycles. The van der Waals surface area contributed by atoms with Gasteiger partial charge in [0, 0.05) is 17.3 Å². The van der Waals surface area contributed by atoms with Gasteiger partial charge in [-0.05, 0) is 38.1 Å². The van der Waals surface area contributed by atoms with E-state index in [1.807, 2.05) is 31.2 Å². The van der Waals surface area contributed by atoms with Crippen LogP contribution in [0.5, 0.6) is 0 Å². The average molecular weight is 386 g/mol. The van der Waals surface area contributed by atoms with Crippen LogP contribution in [0.3, 0.4) is 0 Å². The summed E-state index contributed by atoms with van der Waals surface area (Å²) in [5.74, 6) is 1.79. The lowest BCUT2D eigenvalue weighted by atomic mass is 10.2. The first-order valence-corrected chi connectivity index (χ1v) is 9.91. The van der Waals surface area contributed by atoms with Gasteiger partial charge in [-0.2, -0.15) is 0 Å². The van der Waals surface area contributed by atoms with E-state index in [-0.39, 0.29) is 11.7 Å². The summed E-state index contributed by atoms with van der Waals surface area (Å²) < 4.78 is 5.44. The number of carbonyl (C=O) groups is 1. The largest absolute Gasteiger partial charge is 0.465 e. The highest BCUT2D eigenvalue weighted by molar-refractivity contribution is 8.02. The monoisotopic (exact) mass is 385 g/mol. The Morgan fingerprint density at radius 1 is 1.12 bits per heavy atom. The molecule has 0 bridgehead atoms. The van der Waals surface area contributed by atoms with Gasteiger partial charge in [-0.15, -0.1) is 0 Å². The first kappa shape index (κ1) is 18.5. The zero-order chi connectivity index (χ0) is 18.4. The molecule has 3 rings (SSSR count). The lowest BCUT2D eigenvalue weighted by Crippen LogP contribution is -2.24. The molecule has 0 aliphatic heterocycles. The summed E-state index contributed by atoms with van der Waals surface area (Å²) in [6.45, 7) is 4.32. The van der Waals surface area contributed by atoms with Gasteiger partial charge in [0.2, 0.25) is 5.91 Å². The first-order chi connectivity index (χ1) is 12.6. The van der Waals surface area contributed by atoms with Crippen LogP contribution in [0.4, 0.5) is 0 Å². The average Bonchev–Trinajstić information content (AvgIpc) is 3.05. The van der Waals surface area contributed by atoms with Crippen molar-refractivity contribution in [3.63, 3.8) is 0 Å². The number of carbonyl (C=O) groups excluding carboxylic acids is 1. The molecule has 0 aliphatic carbocycles. The number of amides is 1. The fourth-order valence-corrected chi connectivity index (χ4v) is 4.07. The Morgan fingerprint density at radius 3 is 2.65 bits per heavy atom. The van der Waals surface area contributed by atoms with Crippen LogP contribution in [0.15, 0.2) is 68.2 Å². The minimum Gasteiger partial charge on any atom is -0.465 e. The van der Waals surface area contributed by atoms with Gasteiger partial charge in [-0.25, -0.2) is 9.97 Å². The smallest absolute Gasteiger partial charge is 0.230 e. The summed E-state index contributed by atoms with van der Waals surface area (Å²) in [4.78, 5) is 22.0. The Morgan fingerprint density at radius 2 is 1.92 bits per heavy atom. The normalized spacial score (nSPS) is 10.7. The van der Waals surface area contributed by atoms with E-state index >= 15 is 0 Å². The van der Waals surface area contributed by atoms with E-state index < -0.39 is 0 Å². The van der Waals surface area contributed by atoms with E-state index in [2.05, 4.69) is 34.3 Å². The number of furan rings is 1. The third kappa shape index (κ3) is 5.37. The van der Waals surface area contributed by atoms with Crippen LogP contribution < -0.4 is 5.32 Å². The molecule has 26 heavy (non-hydrogen) atoms. The number of aryl methyl sites for hydroxylation is 2. The highest BCUT2D eigenvalue weighted by Crippen LogP contribution is 2.32. The zero-order valence-electron chi connectivity index (χ0n) is 14.6. The molecule has 2 heterocycles. The van der Waals surface area contributed by atoms with Crippen molar-refractivity contribution >= 4 is 29.4 Å². The Kier molecular flexibility index (Phi) is 6.35. The number of thioether (sulfide) groups is 1. The molecule has 0 saturated heterocycles. The number of hydrogen-bond donors (Lipinski definition) is 1. The van der Waals surface area contributed by atoms with Crippen molar-refractivity contribution in [2.45, 2.75) is 35.3 Å². The highest BCUT2D eigenvalue weighted by atomic mass is 32.2. The third-order valence-corrected chi connectivity index (χ3v) is 5.52. The Labute approximate surface area is 161 Å². The molecule has 134 valence electrons. The second-order valence-electron chi connectivity index (χ2n) is 5.66. The molecule has 7 heteroatoms. The SMILES string of the molecule is Cc1cccc(Sc2nccnc2SCC(=O)NCc2ccc(C)o2)c1. The molecule has 0 spiro atoms. The van der Waals surface area contributed by atoms with Crippen molar-refractivity contribution in [2.75, 3.05) is 5.75 Å². The quantitative estimate of drug-likeness (QED) is 0.614. The topological polar surface area (TPSA) is 68.0 Å². The van der Waals surface area contributed by atoms with E-state index in [4.69, 9.17) is 4.42 Å². The summed E-state index contributed by atoms with van der Waals surface area (Å²) in [7, 11) is 0. The predicted octanol–water partition coefficient (Wildman–Crippen LogP) is 4.25. The second-order valence-corrected chi connectivity index (χ2v) is 7.69. The van der Waals surface area contributed by atoms with Crippen molar-refractivity contribution < 1.29 is 9.21 Å². The lowest BCUT2D eigenvalue weighted by molar-refractivity contribution is -0.118. The molecule has 0 unspecified atom stereocenters. The molecule has 3 aromatic rings. The van der Waals surface area contributed by atoms with E-state index in [0.717, 1.165) is 26.5 Å². The number of aromatic nitrogens is 2. The van der Waals surface area contributed by atoms with Gasteiger partial charge in [0.15, 0.2) is 0 Å². The maximum Gasteiger partial charge on any atom is 0.230 e. The van der Waals surface area contributed by atoms with Crippen LogP contribution in [-0.4, -0.2) is 21.6 Å². The third-order valence-electron chi connectivity index (χ3n) is 3.43. The van der Waals surface area contributed by atoms with Crippen LogP contribution >= 0.6 is 23.5 Å². The number of nitrogens with one attached hydrogen (secondary N) is 1. The van der Waals surface area contributed by atoms with E-state index in [9.17, 15) is 4.79 Å². The maximum atomic E-state index is 12.1. The molecule has 0 fully saturated rings. The standard InChI is InChI=1S/C19H19N3O2S2/c1-13-4-3-5-16(10-13)26-19-18(20-8-9-21-19)25-12-17(23)22-11-15-7-6-14(2)24-15/h3-10H,11-12H2,1-2H3,(H,22,23). The number of rotatable bonds is 7. The first-order valence-electron chi connectivity index (χ1n) is 8.10.